The number of aromatic nitrogens is 3. The van der Waals surface area contributed by atoms with E-state index < -0.39 is 0 Å². The van der Waals surface area contributed by atoms with Gasteiger partial charge in [-0.2, -0.15) is 4.98 Å². The number of methoxy groups -OCH3 is 1. The van der Waals surface area contributed by atoms with Crippen LogP contribution < -0.4 is 10.9 Å². The fraction of sp³-hybridized carbons (Fsp3) is 0.364. The second-order valence-corrected chi connectivity index (χ2v) is 8.01. The quantitative estimate of drug-likeness (QED) is 0.627. The van der Waals surface area contributed by atoms with E-state index in [1.54, 1.807) is 35.0 Å². The Hall–Kier alpha value is -3.26. The normalized spacial score (nSPS) is 16.0. The van der Waals surface area contributed by atoms with Crippen LogP contribution in [0.1, 0.15) is 35.8 Å². The number of anilines is 1. The van der Waals surface area contributed by atoms with Crippen LogP contribution >= 0.6 is 0 Å². The summed E-state index contributed by atoms with van der Waals surface area (Å²) in [7, 11) is 1.36. The van der Waals surface area contributed by atoms with Crippen LogP contribution in [0.4, 0.5) is 5.95 Å². The molecule has 3 aromatic rings. The van der Waals surface area contributed by atoms with Crippen molar-refractivity contribution in [2.75, 3.05) is 25.6 Å². The van der Waals surface area contributed by atoms with Gasteiger partial charge in [-0.15, -0.1) is 0 Å². The first-order valence-electron chi connectivity index (χ1n) is 9.78. The highest BCUT2D eigenvalue weighted by atomic mass is 16.5. The van der Waals surface area contributed by atoms with Crippen molar-refractivity contribution in [3.05, 3.63) is 64.1 Å². The molecule has 2 aromatic heterocycles. The molecule has 0 radical (unpaired) electrons. The highest BCUT2D eigenvalue weighted by Gasteiger charge is 2.34. The lowest BCUT2D eigenvalue weighted by atomic mass is 9.88. The Morgan fingerprint density at radius 2 is 2.00 bits per heavy atom. The first kappa shape index (κ1) is 20.0. The molecular formula is C22H24N4O4. The van der Waals surface area contributed by atoms with Gasteiger partial charge in [-0.25, -0.2) is 9.78 Å². The molecule has 8 nitrogen and oxygen atoms in total. The van der Waals surface area contributed by atoms with Crippen molar-refractivity contribution < 1.29 is 14.3 Å². The zero-order valence-corrected chi connectivity index (χ0v) is 17.2. The van der Waals surface area contributed by atoms with Crippen LogP contribution in [0.5, 0.6) is 0 Å². The summed E-state index contributed by atoms with van der Waals surface area (Å²) >= 11 is 0. The van der Waals surface area contributed by atoms with E-state index >= 15 is 0 Å². The largest absolute Gasteiger partial charge is 0.465 e. The number of hydrogen-bond acceptors (Lipinski definition) is 7. The summed E-state index contributed by atoms with van der Waals surface area (Å²) in [6.45, 7) is 5.88. The molecule has 156 valence electrons. The zero-order chi connectivity index (χ0) is 21.3. The second kappa shape index (κ2) is 7.87. The van der Waals surface area contributed by atoms with Crippen molar-refractivity contribution in [1.82, 2.24) is 14.5 Å². The fourth-order valence-corrected chi connectivity index (χ4v) is 3.52. The van der Waals surface area contributed by atoms with Crippen LogP contribution in [0, 0.1) is 5.41 Å². The lowest BCUT2D eigenvalue weighted by Gasteiger charge is -2.38. The molecule has 8 heteroatoms. The minimum atomic E-state index is -0.372. The average molecular weight is 408 g/mol. The van der Waals surface area contributed by atoms with E-state index in [4.69, 9.17) is 9.47 Å². The Morgan fingerprint density at radius 3 is 2.63 bits per heavy atom. The fourth-order valence-electron chi connectivity index (χ4n) is 3.52. The van der Waals surface area contributed by atoms with Crippen molar-refractivity contribution in [2.45, 2.75) is 26.4 Å². The van der Waals surface area contributed by atoms with Crippen molar-refractivity contribution >= 4 is 23.0 Å². The van der Waals surface area contributed by atoms with Crippen LogP contribution in [-0.2, 0) is 16.0 Å². The predicted molar refractivity (Wildman–Crippen MR) is 113 cm³/mol. The number of esters is 1. The van der Waals surface area contributed by atoms with Crippen molar-refractivity contribution in [2.24, 2.45) is 5.41 Å². The summed E-state index contributed by atoms with van der Waals surface area (Å²) in [5.74, 6) is 0.0601. The van der Waals surface area contributed by atoms with Gasteiger partial charge in [-0.3, -0.25) is 9.36 Å². The van der Waals surface area contributed by atoms with Gasteiger partial charge in [-0.05, 0) is 30.7 Å². The van der Waals surface area contributed by atoms with Crippen molar-refractivity contribution in [3.8, 4) is 0 Å². The Balaban J connectivity index is 1.60. The molecule has 0 unspecified atom stereocenters. The molecule has 1 fully saturated rings. The van der Waals surface area contributed by atoms with Crippen LogP contribution in [0.15, 0.2) is 47.4 Å². The van der Waals surface area contributed by atoms with Crippen LogP contribution in [0.25, 0.3) is 11.0 Å². The van der Waals surface area contributed by atoms with Gasteiger partial charge in [0.1, 0.15) is 5.65 Å². The Bertz CT molecular complexity index is 1140. The van der Waals surface area contributed by atoms with Gasteiger partial charge in [0.05, 0.1) is 31.9 Å². The number of hydrogen-bond donors (Lipinski definition) is 1. The summed E-state index contributed by atoms with van der Waals surface area (Å²) in [6, 6.07) is 10.4. The minimum absolute atomic E-state index is 0.0642. The molecule has 0 amide bonds. The van der Waals surface area contributed by atoms with E-state index in [9.17, 15) is 9.59 Å². The van der Waals surface area contributed by atoms with Crippen molar-refractivity contribution in [1.29, 1.82) is 0 Å². The maximum Gasteiger partial charge on any atom is 0.337 e. The SMILES string of the molecule is COC(=O)c1ccc([C@H](C)Nc2ncc3ccc(=O)n(CC4(C)COC4)c3n2)cc1. The number of benzene rings is 1. The lowest BCUT2D eigenvalue weighted by molar-refractivity contribution is -0.110. The summed E-state index contributed by atoms with van der Waals surface area (Å²) in [6.07, 6.45) is 1.72. The number of ether oxygens (including phenoxy) is 2. The van der Waals surface area contributed by atoms with E-state index in [0.717, 1.165) is 10.9 Å². The Morgan fingerprint density at radius 1 is 1.27 bits per heavy atom. The van der Waals surface area contributed by atoms with Crippen LogP contribution in [-0.4, -0.2) is 40.8 Å². The second-order valence-electron chi connectivity index (χ2n) is 8.01. The molecule has 1 atom stereocenters. The average Bonchev–Trinajstić information content (AvgIpc) is 2.74. The maximum absolute atomic E-state index is 12.5. The van der Waals surface area contributed by atoms with Gasteiger partial charge < -0.3 is 14.8 Å². The van der Waals surface area contributed by atoms with Gasteiger partial charge in [0.2, 0.25) is 5.95 Å². The maximum atomic E-state index is 12.5. The first-order chi connectivity index (χ1) is 14.4. The molecule has 0 saturated carbocycles. The summed E-state index contributed by atoms with van der Waals surface area (Å²) in [4.78, 5) is 33.1. The van der Waals surface area contributed by atoms with Gasteiger partial charge in [0.25, 0.3) is 5.56 Å². The summed E-state index contributed by atoms with van der Waals surface area (Å²) in [5.41, 5.74) is 1.91. The molecule has 1 saturated heterocycles. The predicted octanol–water partition coefficient (Wildman–Crippen LogP) is 2.79. The molecule has 4 rings (SSSR count). The molecule has 1 N–H and O–H groups in total. The lowest BCUT2D eigenvalue weighted by Crippen LogP contribution is -2.45. The summed E-state index contributed by atoms with van der Waals surface area (Å²) < 4.78 is 11.8. The molecule has 0 spiro atoms. The van der Waals surface area contributed by atoms with Gasteiger partial charge >= 0.3 is 5.97 Å². The number of rotatable bonds is 6. The van der Waals surface area contributed by atoms with E-state index in [2.05, 4.69) is 22.2 Å². The molecule has 1 aromatic carbocycles. The molecule has 0 bridgehead atoms. The molecule has 3 heterocycles. The number of pyridine rings is 1. The first-order valence-corrected chi connectivity index (χ1v) is 9.78. The molecular weight excluding hydrogens is 384 g/mol. The molecule has 0 aliphatic carbocycles. The third kappa shape index (κ3) is 3.91. The van der Waals surface area contributed by atoms with Crippen LogP contribution in [0.3, 0.4) is 0 Å². The molecule has 30 heavy (non-hydrogen) atoms. The van der Waals surface area contributed by atoms with Crippen LogP contribution in [0.2, 0.25) is 0 Å². The molecule has 1 aliphatic heterocycles. The Kier molecular flexibility index (Phi) is 5.26. The third-order valence-electron chi connectivity index (χ3n) is 5.34. The number of fused-ring (bicyclic) bond motifs is 1. The molecule has 1 aliphatic rings. The number of carbonyl (C=O) groups is 1. The van der Waals surface area contributed by atoms with E-state index in [0.29, 0.717) is 36.9 Å². The topological polar surface area (TPSA) is 95.3 Å². The summed E-state index contributed by atoms with van der Waals surface area (Å²) in [5, 5.41) is 4.08. The monoisotopic (exact) mass is 408 g/mol. The van der Waals surface area contributed by atoms with E-state index in [-0.39, 0.29) is 23.0 Å². The van der Waals surface area contributed by atoms with Gasteiger partial charge in [0, 0.05) is 29.6 Å². The van der Waals surface area contributed by atoms with E-state index in [1.807, 2.05) is 19.1 Å². The highest BCUT2D eigenvalue weighted by Crippen LogP contribution is 2.29. The van der Waals surface area contributed by atoms with Gasteiger partial charge in [0.15, 0.2) is 0 Å². The number of nitrogens with zero attached hydrogens (tertiary/aromatic N) is 3. The Labute approximate surface area is 173 Å². The van der Waals surface area contributed by atoms with E-state index in [1.165, 1.54) is 7.11 Å². The standard InChI is InChI=1S/C22H24N4O4/c1-14(15-4-6-16(7-5-15)20(28)29-3)24-21-23-10-17-8-9-18(27)26(19(17)25-21)11-22(2)12-30-13-22/h4-10,14H,11-13H2,1-3H3,(H,23,24,25)/t14-/m0/s1. The third-order valence-corrected chi connectivity index (χ3v) is 5.34. The smallest absolute Gasteiger partial charge is 0.337 e. The zero-order valence-electron chi connectivity index (χ0n) is 17.2. The number of carbonyl (C=O) groups excluding carboxylic acids is 1. The highest BCUT2D eigenvalue weighted by molar-refractivity contribution is 5.89. The minimum Gasteiger partial charge on any atom is -0.465 e. The van der Waals surface area contributed by atoms with Crippen molar-refractivity contribution in [3.63, 3.8) is 0 Å². The number of nitrogens with one attached hydrogen (secondary N) is 1. The van der Waals surface area contributed by atoms with Gasteiger partial charge in [-0.1, -0.05) is 19.1 Å².